The van der Waals surface area contributed by atoms with Gasteiger partial charge in [-0.15, -0.1) is 0 Å². The quantitative estimate of drug-likeness (QED) is 0.715. The van der Waals surface area contributed by atoms with E-state index in [0.29, 0.717) is 11.7 Å². The molecule has 1 nitrogen and oxygen atoms in total. The summed E-state index contributed by atoms with van der Waals surface area (Å²) in [5.41, 5.74) is 0. The number of carbonyl (C=O) groups is 1. The van der Waals surface area contributed by atoms with E-state index < -0.39 is 0 Å². The van der Waals surface area contributed by atoms with Gasteiger partial charge in [0.25, 0.3) is 0 Å². The van der Waals surface area contributed by atoms with Gasteiger partial charge in [0.2, 0.25) is 0 Å². The summed E-state index contributed by atoms with van der Waals surface area (Å²) in [7, 11) is 0. The fraction of sp³-hybridized carbons (Fsp3) is 0.917. The van der Waals surface area contributed by atoms with Crippen LogP contribution in [0.5, 0.6) is 0 Å². The minimum atomic E-state index is 0.430. The van der Waals surface area contributed by atoms with Crippen molar-refractivity contribution in [3.05, 3.63) is 0 Å². The van der Waals surface area contributed by atoms with Crippen LogP contribution in [0.25, 0.3) is 0 Å². The fourth-order valence-electron chi connectivity index (χ4n) is 2.41. The van der Waals surface area contributed by atoms with Crippen LogP contribution in [0, 0.1) is 17.8 Å². The molecule has 0 unspecified atom stereocenters. The molecule has 1 saturated heterocycles. The average molecular weight is 212 g/mol. The van der Waals surface area contributed by atoms with Crippen LogP contribution in [0.4, 0.5) is 0 Å². The second kappa shape index (κ2) is 4.69. The topological polar surface area (TPSA) is 17.1 Å². The lowest BCUT2D eigenvalue weighted by Gasteiger charge is -2.29. The van der Waals surface area contributed by atoms with Crippen LogP contribution < -0.4 is 0 Å². The molecular weight excluding hydrogens is 192 g/mol. The van der Waals surface area contributed by atoms with Gasteiger partial charge in [0.05, 0.1) is 0 Å². The Morgan fingerprint density at radius 2 is 1.86 bits per heavy atom. The van der Waals surface area contributed by atoms with Crippen LogP contribution in [0.2, 0.25) is 0 Å². The number of Topliss-reactive ketones (excluding diaryl/α,β-unsaturated/α-hetero) is 1. The Bertz CT molecular complexity index is 202. The van der Waals surface area contributed by atoms with Crippen molar-refractivity contribution in [3.63, 3.8) is 0 Å². The first-order chi connectivity index (χ1) is 6.75. The lowest BCUT2D eigenvalue weighted by atomic mass is 9.79. The SMILES string of the molecule is CC1CCC(CC(=O)C2CSC2)CC1. The molecule has 14 heavy (non-hydrogen) atoms. The van der Waals surface area contributed by atoms with Gasteiger partial charge >= 0.3 is 0 Å². The molecule has 0 atom stereocenters. The van der Waals surface area contributed by atoms with Gasteiger partial charge in [0.15, 0.2) is 0 Å². The smallest absolute Gasteiger partial charge is 0.137 e. The zero-order valence-electron chi connectivity index (χ0n) is 9.00. The molecule has 0 aromatic rings. The van der Waals surface area contributed by atoms with E-state index in [4.69, 9.17) is 0 Å². The van der Waals surface area contributed by atoms with E-state index in [-0.39, 0.29) is 0 Å². The van der Waals surface area contributed by atoms with Crippen molar-refractivity contribution in [3.8, 4) is 0 Å². The third kappa shape index (κ3) is 2.53. The Kier molecular flexibility index (Phi) is 3.53. The predicted octanol–water partition coefficient (Wildman–Crippen LogP) is 3.13. The van der Waals surface area contributed by atoms with Crippen LogP contribution in [0.3, 0.4) is 0 Å². The molecule has 0 radical (unpaired) electrons. The van der Waals surface area contributed by atoms with E-state index in [9.17, 15) is 4.79 Å². The summed E-state index contributed by atoms with van der Waals surface area (Å²) < 4.78 is 0. The molecule has 0 N–H and O–H groups in total. The highest BCUT2D eigenvalue weighted by Crippen LogP contribution is 2.33. The number of hydrogen-bond acceptors (Lipinski definition) is 2. The molecule has 1 aliphatic carbocycles. The van der Waals surface area contributed by atoms with Crippen LogP contribution in [-0.4, -0.2) is 17.3 Å². The normalized spacial score (nSPS) is 33.8. The molecule has 2 aliphatic rings. The van der Waals surface area contributed by atoms with Crippen LogP contribution in [0.1, 0.15) is 39.0 Å². The van der Waals surface area contributed by atoms with Gasteiger partial charge in [-0.25, -0.2) is 0 Å². The number of rotatable bonds is 3. The van der Waals surface area contributed by atoms with E-state index in [1.165, 1.54) is 25.7 Å². The zero-order valence-corrected chi connectivity index (χ0v) is 9.81. The van der Waals surface area contributed by atoms with Crippen LogP contribution >= 0.6 is 11.8 Å². The Balaban J connectivity index is 1.71. The van der Waals surface area contributed by atoms with Gasteiger partial charge in [-0.3, -0.25) is 4.79 Å². The number of thioether (sulfide) groups is 1. The lowest BCUT2D eigenvalue weighted by molar-refractivity contribution is -0.123. The Morgan fingerprint density at radius 3 is 2.36 bits per heavy atom. The Hall–Kier alpha value is 0.0200. The maximum Gasteiger partial charge on any atom is 0.137 e. The number of hydrogen-bond donors (Lipinski definition) is 0. The highest BCUT2D eigenvalue weighted by Gasteiger charge is 2.28. The molecule has 0 bridgehead atoms. The van der Waals surface area contributed by atoms with E-state index in [2.05, 4.69) is 6.92 Å². The first-order valence-corrected chi connectivity index (χ1v) is 7.01. The van der Waals surface area contributed by atoms with Gasteiger partial charge in [-0.05, 0) is 24.7 Å². The van der Waals surface area contributed by atoms with Gasteiger partial charge in [-0.1, -0.05) is 19.8 Å². The van der Waals surface area contributed by atoms with E-state index in [1.54, 1.807) is 0 Å². The molecule has 1 heterocycles. The molecule has 2 fully saturated rings. The minimum absolute atomic E-state index is 0.430. The summed E-state index contributed by atoms with van der Waals surface area (Å²) in [6.45, 7) is 2.33. The molecule has 2 heteroatoms. The second-order valence-corrected chi connectivity index (χ2v) is 6.11. The summed E-state index contributed by atoms with van der Waals surface area (Å²) in [6, 6.07) is 0. The first kappa shape index (κ1) is 10.5. The van der Waals surface area contributed by atoms with Crippen molar-refractivity contribution in [2.24, 2.45) is 17.8 Å². The summed E-state index contributed by atoms with van der Waals surface area (Å²) in [5.74, 6) is 4.82. The van der Waals surface area contributed by atoms with E-state index in [0.717, 1.165) is 29.8 Å². The zero-order chi connectivity index (χ0) is 9.97. The van der Waals surface area contributed by atoms with E-state index >= 15 is 0 Å². The monoisotopic (exact) mass is 212 g/mol. The molecule has 0 aromatic carbocycles. The molecular formula is C12H20OS. The maximum atomic E-state index is 11.8. The second-order valence-electron chi connectivity index (χ2n) is 5.03. The van der Waals surface area contributed by atoms with Crippen molar-refractivity contribution >= 4 is 17.5 Å². The number of carbonyl (C=O) groups excluding carboxylic acids is 1. The van der Waals surface area contributed by atoms with Crippen molar-refractivity contribution in [1.29, 1.82) is 0 Å². The minimum Gasteiger partial charge on any atom is -0.299 e. The molecule has 2 rings (SSSR count). The third-order valence-corrected chi connectivity index (χ3v) is 4.99. The van der Waals surface area contributed by atoms with Gasteiger partial charge < -0.3 is 0 Å². The highest BCUT2D eigenvalue weighted by molar-refractivity contribution is 8.00. The van der Waals surface area contributed by atoms with Gasteiger partial charge in [-0.2, -0.15) is 11.8 Å². The first-order valence-electron chi connectivity index (χ1n) is 5.86. The van der Waals surface area contributed by atoms with E-state index in [1.807, 2.05) is 11.8 Å². The molecule has 1 saturated carbocycles. The largest absolute Gasteiger partial charge is 0.299 e. The summed E-state index contributed by atoms with van der Waals surface area (Å²) in [5, 5.41) is 0. The molecule has 0 amide bonds. The predicted molar refractivity (Wildman–Crippen MR) is 61.6 cm³/mol. The molecule has 0 aromatic heterocycles. The highest BCUT2D eigenvalue weighted by atomic mass is 32.2. The Morgan fingerprint density at radius 1 is 1.21 bits per heavy atom. The van der Waals surface area contributed by atoms with Gasteiger partial charge in [0, 0.05) is 23.8 Å². The lowest BCUT2D eigenvalue weighted by Crippen LogP contribution is -2.29. The molecule has 0 spiro atoms. The summed E-state index contributed by atoms with van der Waals surface area (Å²) >= 11 is 1.92. The van der Waals surface area contributed by atoms with Gasteiger partial charge in [0.1, 0.15) is 5.78 Å². The van der Waals surface area contributed by atoms with Crippen LogP contribution in [-0.2, 0) is 4.79 Å². The van der Waals surface area contributed by atoms with Crippen molar-refractivity contribution in [1.82, 2.24) is 0 Å². The fourth-order valence-corrected chi connectivity index (χ4v) is 3.25. The number of ketones is 1. The van der Waals surface area contributed by atoms with Crippen molar-refractivity contribution < 1.29 is 4.79 Å². The molecule has 1 aliphatic heterocycles. The summed E-state index contributed by atoms with van der Waals surface area (Å²) in [6.07, 6.45) is 6.17. The standard InChI is InChI=1S/C12H20OS/c1-9-2-4-10(5-3-9)6-12(13)11-7-14-8-11/h9-11H,2-8H2,1H3. The summed E-state index contributed by atoms with van der Waals surface area (Å²) in [4.78, 5) is 11.8. The van der Waals surface area contributed by atoms with Crippen molar-refractivity contribution in [2.45, 2.75) is 39.0 Å². The van der Waals surface area contributed by atoms with Crippen molar-refractivity contribution in [2.75, 3.05) is 11.5 Å². The van der Waals surface area contributed by atoms with Crippen LogP contribution in [0.15, 0.2) is 0 Å². The Labute approximate surface area is 91.0 Å². The molecule has 80 valence electrons. The maximum absolute atomic E-state index is 11.8. The average Bonchev–Trinajstić information content (AvgIpc) is 2.06. The third-order valence-electron chi connectivity index (χ3n) is 3.72.